The Labute approximate surface area is 577 Å². The molecule has 0 aliphatic heterocycles. The fourth-order valence-corrected chi connectivity index (χ4v) is 22.2. The lowest BCUT2D eigenvalue weighted by molar-refractivity contribution is 0.103. The van der Waals surface area contributed by atoms with Crippen LogP contribution < -0.4 is 0 Å². The van der Waals surface area contributed by atoms with Gasteiger partial charge in [0.25, 0.3) is 0 Å². The van der Waals surface area contributed by atoms with E-state index < -0.39 is 0 Å². The van der Waals surface area contributed by atoms with Gasteiger partial charge in [0, 0.05) is 78.0 Å². The van der Waals surface area contributed by atoms with Crippen molar-refractivity contribution >= 4 is 175 Å². The molecule has 2 atom stereocenters. The first kappa shape index (κ1) is 67.1. The van der Waals surface area contributed by atoms with Gasteiger partial charge < -0.3 is 9.13 Å². The van der Waals surface area contributed by atoms with E-state index in [1.165, 1.54) is 174 Å². The van der Waals surface area contributed by atoms with Gasteiger partial charge in [-0.05, 0) is 84.6 Å². The lowest BCUT2D eigenvalue weighted by atomic mass is 9.98. The van der Waals surface area contributed by atoms with Gasteiger partial charge in [-0.15, -0.1) is 45.3 Å². The summed E-state index contributed by atoms with van der Waals surface area (Å²) in [5, 5.41) is 47.7. The van der Waals surface area contributed by atoms with Gasteiger partial charge in [-0.3, -0.25) is 9.59 Å². The maximum Gasteiger partial charge on any atom is 0.195 e. The number of aromatic nitrogens is 4. The van der Waals surface area contributed by atoms with Gasteiger partial charge in [-0.2, -0.15) is 41.1 Å². The van der Waals surface area contributed by atoms with Gasteiger partial charge in [-0.1, -0.05) is 194 Å². The first-order valence-electron chi connectivity index (χ1n) is 34.9. The Kier molecular flexibility index (Phi) is 21.8. The number of aryl methyl sites for hydroxylation is 2. The van der Waals surface area contributed by atoms with Crippen LogP contribution >= 0.6 is 68.4 Å². The Bertz CT molecular complexity index is 4810. The number of benzene rings is 2. The molecule has 10 nitrogen and oxygen atoms in total. The maximum atomic E-state index is 14.7. The van der Waals surface area contributed by atoms with Crippen LogP contribution in [0, 0.1) is 57.2 Å². The first-order valence-corrected chi connectivity index (χ1v) is 39.8. The number of ketones is 2. The highest BCUT2D eigenvalue weighted by atomic mass is 32.1. The SMILES string of the molecule is CCCCCCCCCCCc1c(/C=C2\C(=O)c3ccccc3C2=C(C#N)C#N)sc2c1sc1c3c4nsnc4c4c5sc6c(CCCCCCCCCCC)c(/C=C7\C(=O)c8cscc8C7=C(C#N)C#N)sc6c5n(CC(C)CCCC)c4c3n(CC(C)CCCC)c21. The average Bonchev–Trinajstić information content (AvgIpc) is 1.51. The molecule has 2 aliphatic rings. The molecule has 8 aromatic heterocycles. The molecular weight excluding hydrogens is 1270 g/mol. The number of rotatable bonds is 32. The summed E-state index contributed by atoms with van der Waals surface area (Å²) >= 11 is 9.98. The van der Waals surface area contributed by atoms with Gasteiger partial charge in [0.15, 0.2) is 11.6 Å². The number of allylic oxidation sites excluding steroid dienone is 6. The summed E-state index contributed by atoms with van der Waals surface area (Å²) in [4.78, 5) is 31.3. The number of Topliss-reactive ketones (excluding diaryl/α,β-unsaturated/α-hetero) is 2. The van der Waals surface area contributed by atoms with Gasteiger partial charge in [-0.25, -0.2) is 0 Å². The van der Waals surface area contributed by atoms with Gasteiger partial charge in [0.2, 0.25) is 0 Å². The Morgan fingerprint density at radius 2 is 0.862 bits per heavy atom. The number of hydrogen-bond acceptors (Lipinski definition) is 14. The first-order chi connectivity index (χ1) is 46.0. The van der Waals surface area contributed by atoms with E-state index in [9.17, 15) is 30.6 Å². The van der Waals surface area contributed by atoms with E-state index in [0.717, 1.165) is 122 Å². The van der Waals surface area contributed by atoms with Gasteiger partial charge >= 0.3 is 0 Å². The molecule has 10 aromatic rings. The van der Waals surface area contributed by atoms with Crippen molar-refractivity contribution in [3.63, 3.8) is 0 Å². The molecule has 0 N–H and O–H groups in total. The van der Waals surface area contributed by atoms with Crippen molar-refractivity contribution in [1.82, 2.24) is 17.9 Å². The Morgan fingerprint density at radius 1 is 0.468 bits per heavy atom. The third kappa shape index (κ3) is 12.7. The second-order valence-corrected chi connectivity index (χ2v) is 31.9. The zero-order valence-corrected chi connectivity index (χ0v) is 60.3. The minimum absolute atomic E-state index is 0.0370. The van der Waals surface area contributed by atoms with E-state index in [2.05, 4.69) is 75.0 Å². The van der Waals surface area contributed by atoms with Gasteiger partial charge in [0.05, 0.1) is 62.0 Å². The van der Waals surface area contributed by atoms with E-state index in [0.29, 0.717) is 56.4 Å². The predicted molar refractivity (Wildman–Crippen MR) is 401 cm³/mol. The maximum absolute atomic E-state index is 14.7. The minimum Gasteiger partial charge on any atom is -0.337 e. The van der Waals surface area contributed by atoms with E-state index in [-0.39, 0.29) is 22.7 Å². The van der Waals surface area contributed by atoms with Crippen molar-refractivity contribution in [3.8, 4) is 24.3 Å². The third-order valence-electron chi connectivity index (χ3n) is 19.7. The van der Waals surface area contributed by atoms with Crippen LogP contribution in [0.3, 0.4) is 0 Å². The molecule has 2 aliphatic carbocycles. The van der Waals surface area contributed by atoms with Crippen molar-refractivity contribution in [1.29, 1.82) is 21.0 Å². The van der Waals surface area contributed by atoms with Crippen LogP contribution in [-0.4, -0.2) is 29.4 Å². The zero-order valence-electron chi connectivity index (χ0n) is 55.4. The van der Waals surface area contributed by atoms with Crippen LogP contribution in [-0.2, 0) is 25.9 Å². The molecule has 2 aromatic carbocycles. The summed E-state index contributed by atoms with van der Waals surface area (Å²) in [7, 11) is 0. The second-order valence-electron chi connectivity index (χ2n) is 26.5. The molecule has 484 valence electrons. The molecule has 0 saturated heterocycles. The van der Waals surface area contributed by atoms with E-state index in [1.807, 2.05) is 69.9 Å². The Morgan fingerprint density at radius 3 is 1.30 bits per heavy atom. The molecule has 0 radical (unpaired) electrons. The zero-order chi connectivity index (χ0) is 65.6. The highest BCUT2D eigenvalue weighted by Gasteiger charge is 2.37. The molecule has 2 unspecified atom stereocenters. The van der Waals surface area contributed by atoms with Crippen molar-refractivity contribution in [2.75, 3.05) is 0 Å². The second kappa shape index (κ2) is 30.5. The van der Waals surface area contributed by atoms with Crippen LogP contribution in [0.5, 0.6) is 0 Å². The molecule has 0 saturated carbocycles. The summed E-state index contributed by atoms with van der Waals surface area (Å²) in [6, 6.07) is 16.0. The van der Waals surface area contributed by atoms with Crippen molar-refractivity contribution in [2.45, 2.75) is 222 Å². The quantitative estimate of drug-likeness (QED) is 0.0228. The number of hydrogen-bond donors (Lipinski definition) is 0. The molecule has 0 bridgehead atoms. The average molecular weight is 1360 g/mol. The Hall–Kier alpha value is -6.86. The normalized spacial score (nSPS) is 14.7. The van der Waals surface area contributed by atoms with E-state index in [1.54, 1.807) is 22.7 Å². The molecule has 0 fully saturated rings. The summed E-state index contributed by atoms with van der Waals surface area (Å²) in [5.41, 5.74) is 13.1. The van der Waals surface area contributed by atoms with E-state index >= 15 is 0 Å². The van der Waals surface area contributed by atoms with Crippen LogP contribution in [0.25, 0.3) is 95.4 Å². The summed E-state index contributed by atoms with van der Waals surface area (Å²) < 4.78 is 23.4. The van der Waals surface area contributed by atoms with Crippen LogP contribution in [0.2, 0.25) is 0 Å². The monoisotopic (exact) mass is 1360 g/mol. The molecule has 8 heterocycles. The van der Waals surface area contributed by atoms with Crippen LogP contribution in [0.1, 0.15) is 248 Å². The lowest BCUT2D eigenvalue weighted by Gasteiger charge is -2.18. The third-order valence-corrected chi connectivity index (χ3v) is 26.1. The number of carbonyl (C=O) groups excluding carboxylic acids is 2. The number of nitriles is 4. The van der Waals surface area contributed by atoms with Crippen molar-refractivity contribution in [3.05, 3.63) is 100 Å². The predicted octanol–water partition coefficient (Wildman–Crippen LogP) is 24.5. The molecule has 0 amide bonds. The highest BCUT2D eigenvalue weighted by molar-refractivity contribution is 7.34. The number of thiophene rings is 5. The summed E-state index contributed by atoms with van der Waals surface area (Å²) in [5.74, 6) is 0.393. The minimum atomic E-state index is -0.158. The molecular formula is C78H84N8O2S6. The molecule has 12 rings (SSSR count). The van der Waals surface area contributed by atoms with Gasteiger partial charge in [0.1, 0.15) is 46.5 Å². The van der Waals surface area contributed by atoms with Crippen LogP contribution in [0.4, 0.5) is 0 Å². The number of unbranched alkanes of at least 4 members (excludes halogenated alkanes) is 18. The molecule has 94 heavy (non-hydrogen) atoms. The number of fused-ring (bicyclic) bond motifs is 16. The molecule has 0 spiro atoms. The lowest BCUT2D eigenvalue weighted by Crippen LogP contribution is -2.10. The van der Waals surface area contributed by atoms with E-state index in [4.69, 9.17) is 8.75 Å². The topological polar surface area (TPSA) is 165 Å². The summed E-state index contributed by atoms with van der Waals surface area (Å²) in [6.07, 6.45) is 34.2. The van der Waals surface area contributed by atoms with Crippen molar-refractivity contribution in [2.24, 2.45) is 11.8 Å². The van der Waals surface area contributed by atoms with Crippen molar-refractivity contribution < 1.29 is 9.59 Å². The fourth-order valence-electron chi connectivity index (χ4n) is 14.9. The fraction of sp³-hybridized carbons (Fsp3) is 0.462. The number of carbonyl (C=O) groups is 2. The summed E-state index contributed by atoms with van der Waals surface area (Å²) in [6.45, 7) is 15.5. The number of nitrogens with zero attached hydrogens (tertiary/aromatic N) is 8. The Balaban J connectivity index is 1.11. The standard InChI is InChI=1S/C78H84N8O2S6/c1-7-11-15-17-19-21-23-25-27-35-53-59(37-55-61(49(39-79)40-80)51-33-29-30-34-52(51)71(55)87)90-77-69-75(92-73(53)77)63-65-66(84-94-83-65)64-68(67(63)85(69)43-47(5)31-13-9-3)86(44-48(6)32-14-10-4)70-76(64)93-74-54(36-28-26-24-22-20-18-16-12-8-2)60(91-78(70)74)38-56-62(50(41-81)42-82)57-45-89-46-58(57)72(56)88/h29-30,33-34,37-38,45-48H,7-28,31-32,35-36,43-44H2,1-6H3/b55-37-,56-38-. The largest absolute Gasteiger partial charge is 0.337 e. The van der Waals surface area contributed by atoms with Crippen LogP contribution in [0.15, 0.2) is 57.3 Å². The highest BCUT2D eigenvalue weighted by Crippen LogP contribution is 2.56. The molecule has 16 heteroatoms. The smallest absolute Gasteiger partial charge is 0.195 e.